The van der Waals surface area contributed by atoms with Crippen LogP contribution in [0, 0.1) is 11.7 Å². The molecular formula is C15H17FO4. The van der Waals surface area contributed by atoms with Crippen LogP contribution in [0.25, 0.3) is 6.08 Å². The fourth-order valence-corrected chi connectivity index (χ4v) is 2.03. The molecule has 2 rings (SSSR count). The SMILES string of the molecule is O=C(O)C=Cc1cc(COCC2CCOC2)ccc1F. The molecule has 1 aliphatic rings. The third-order valence-corrected chi connectivity index (χ3v) is 3.11. The summed E-state index contributed by atoms with van der Waals surface area (Å²) in [6.45, 7) is 2.52. The van der Waals surface area contributed by atoms with Gasteiger partial charge in [-0.2, -0.15) is 0 Å². The summed E-state index contributed by atoms with van der Waals surface area (Å²) in [6.07, 6.45) is 3.17. The molecule has 1 unspecified atom stereocenters. The number of carboxylic acid groups (broad SMARTS) is 1. The molecule has 1 aromatic carbocycles. The van der Waals surface area contributed by atoms with Gasteiger partial charge in [-0.1, -0.05) is 6.07 Å². The standard InChI is InChI=1S/C15H17FO4/c16-14-3-1-11(7-13(14)2-4-15(17)18)8-20-10-12-5-6-19-9-12/h1-4,7,12H,5-6,8-10H2,(H,17,18). The lowest BCUT2D eigenvalue weighted by atomic mass is 10.1. The largest absolute Gasteiger partial charge is 0.478 e. The molecule has 20 heavy (non-hydrogen) atoms. The number of aliphatic carboxylic acids is 1. The zero-order chi connectivity index (χ0) is 14.4. The molecule has 1 aliphatic heterocycles. The highest BCUT2D eigenvalue weighted by molar-refractivity contribution is 5.85. The maximum atomic E-state index is 13.5. The van der Waals surface area contributed by atoms with Crippen LogP contribution in [0.1, 0.15) is 17.5 Å². The molecule has 108 valence electrons. The van der Waals surface area contributed by atoms with Crippen LogP contribution >= 0.6 is 0 Å². The Balaban J connectivity index is 1.90. The van der Waals surface area contributed by atoms with Crippen molar-refractivity contribution in [3.63, 3.8) is 0 Å². The number of ether oxygens (including phenoxy) is 2. The predicted octanol–water partition coefficient (Wildman–Crippen LogP) is 2.48. The Hall–Kier alpha value is -1.72. The van der Waals surface area contributed by atoms with Crippen LogP contribution in [0.4, 0.5) is 4.39 Å². The van der Waals surface area contributed by atoms with Crippen molar-refractivity contribution in [2.75, 3.05) is 19.8 Å². The number of hydrogen-bond donors (Lipinski definition) is 1. The topological polar surface area (TPSA) is 55.8 Å². The van der Waals surface area contributed by atoms with E-state index < -0.39 is 11.8 Å². The van der Waals surface area contributed by atoms with E-state index in [0.29, 0.717) is 19.1 Å². The number of carboxylic acids is 1. The lowest BCUT2D eigenvalue weighted by molar-refractivity contribution is -0.131. The maximum Gasteiger partial charge on any atom is 0.328 e. The molecular weight excluding hydrogens is 263 g/mol. The van der Waals surface area contributed by atoms with E-state index in [2.05, 4.69) is 0 Å². The van der Waals surface area contributed by atoms with E-state index in [0.717, 1.165) is 31.3 Å². The summed E-state index contributed by atoms with van der Waals surface area (Å²) < 4.78 is 24.3. The third-order valence-electron chi connectivity index (χ3n) is 3.11. The van der Waals surface area contributed by atoms with E-state index in [4.69, 9.17) is 14.6 Å². The van der Waals surface area contributed by atoms with Gasteiger partial charge in [0.2, 0.25) is 0 Å². The summed E-state index contributed by atoms with van der Waals surface area (Å²) in [5.41, 5.74) is 1.06. The van der Waals surface area contributed by atoms with Gasteiger partial charge in [0, 0.05) is 24.2 Å². The van der Waals surface area contributed by atoms with E-state index >= 15 is 0 Å². The first-order valence-corrected chi connectivity index (χ1v) is 6.50. The second-order valence-corrected chi connectivity index (χ2v) is 4.77. The summed E-state index contributed by atoms with van der Waals surface area (Å²) in [5.74, 6) is -1.12. The Kier molecular flexibility index (Phi) is 5.26. The number of hydrogen-bond acceptors (Lipinski definition) is 3. The molecule has 0 aromatic heterocycles. The minimum Gasteiger partial charge on any atom is -0.478 e. The minimum absolute atomic E-state index is 0.248. The maximum absolute atomic E-state index is 13.5. The van der Waals surface area contributed by atoms with Crippen LogP contribution in [0.5, 0.6) is 0 Å². The van der Waals surface area contributed by atoms with Gasteiger partial charge in [-0.15, -0.1) is 0 Å². The summed E-state index contributed by atoms with van der Waals surface area (Å²) in [7, 11) is 0. The average Bonchev–Trinajstić information content (AvgIpc) is 2.92. The van der Waals surface area contributed by atoms with Crippen LogP contribution in [0.2, 0.25) is 0 Å². The first-order valence-electron chi connectivity index (χ1n) is 6.50. The van der Waals surface area contributed by atoms with E-state index in [1.807, 2.05) is 0 Å². The van der Waals surface area contributed by atoms with Crippen molar-refractivity contribution in [2.45, 2.75) is 13.0 Å². The van der Waals surface area contributed by atoms with Gasteiger partial charge >= 0.3 is 5.97 Å². The van der Waals surface area contributed by atoms with Gasteiger partial charge in [0.05, 0.1) is 19.8 Å². The van der Waals surface area contributed by atoms with E-state index in [1.165, 1.54) is 12.1 Å². The van der Waals surface area contributed by atoms with Gasteiger partial charge < -0.3 is 14.6 Å². The molecule has 1 atom stereocenters. The summed E-state index contributed by atoms with van der Waals surface area (Å²) in [4.78, 5) is 10.4. The zero-order valence-electron chi connectivity index (χ0n) is 11.0. The van der Waals surface area contributed by atoms with E-state index in [1.54, 1.807) is 12.1 Å². The Morgan fingerprint density at radius 3 is 3.10 bits per heavy atom. The smallest absolute Gasteiger partial charge is 0.328 e. The molecule has 0 radical (unpaired) electrons. The van der Waals surface area contributed by atoms with Crippen molar-refractivity contribution in [3.8, 4) is 0 Å². The Bertz CT molecular complexity index is 493. The van der Waals surface area contributed by atoms with Gasteiger partial charge in [0.25, 0.3) is 0 Å². The molecule has 0 bridgehead atoms. The number of halogens is 1. The molecule has 1 saturated heterocycles. The third kappa shape index (κ3) is 4.43. The lowest BCUT2D eigenvalue weighted by Crippen LogP contribution is -2.09. The first kappa shape index (κ1) is 14.7. The van der Waals surface area contributed by atoms with Crippen LogP contribution < -0.4 is 0 Å². The molecule has 0 aliphatic carbocycles. The second kappa shape index (κ2) is 7.17. The van der Waals surface area contributed by atoms with Gasteiger partial charge in [0.1, 0.15) is 5.82 Å². The highest BCUT2D eigenvalue weighted by Crippen LogP contribution is 2.16. The van der Waals surface area contributed by atoms with Crippen molar-refractivity contribution in [3.05, 3.63) is 41.2 Å². The molecule has 0 saturated carbocycles. The Morgan fingerprint density at radius 1 is 1.55 bits per heavy atom. The highest BCUT2D eigenvalue weighted by atomic mass is 19.1. The Morgan fingerprint density at radius 2 is 2.40 bits per heavy atom. The second-order valence-electron chi connectivity index (χ2n) is 4.77. The molecule has 1 fully saturated rings. The molecule has 1 N–H and O–H groups in total. The van der Waals surface area contributed by atoms with Gasteiger partial charge in [-0.25, -0.2) is 9.18 Å². The van der Waals surface area contributed by atoms with Crippen molar-refractivity contribution in [2.24, 2.45) is 5.92 Å². The van der Waals surface area contributed by atoms with E-state index in [9.17, 15) is 9.18 Å². The highest BCUT2D eigenvalue weighted by Gasteiger charge is 2.15. The van der Waals surface area contributed by atoms with Gasteiger partial charge in [-0.05, 0) is 30.2 Å². The number of carbonyl (C=O) groups is 1. The van der Waals surface area contributed by atoms with Crippen LogP contribution in [0.15, 0.2) is 24.3 Å². The van der Waals surface area contributed by atoms with Crippen LogP contribution in [-0.4, -0.2) is 30.9 Å². The molecule has 0 amide bonds. The lowest BCUT2D eigenvalue weighted by Gasteiger charge is -2.09. The van der Waals surface area contributed by atoms with Crippen molar-refractivity contribution < 1.29 is 23.8 Å². The van der Waals surface area contributed by atoms with Crippen LogP contribution in [0.3, 0.4) is 0 Å². The fraction of sp³-hybridized carbons (Fsp3) is 0.400. The molecule has 4 nitrogen and oxygen atoms in total. The molecule has 5 heteroatoms. The molecule has 1 aromatic rings. The number of rotatable bonds is 6. The zero-order valence-corrected chi connectivity index (χ0v) is 11.0. The molecule has 0 spiro atoms. The first-order chi connectivity index (χ1) is 9.65. The quantitative estimate of drug-likeness (QED) is 0.813. The van der Waals surface area contributed by atoms with Crippen molar-refractivity contribution in [1.82, 2.24) is 0 Å². The van der Waals surface area contributed by atoms with Crippen molar-refractivity contribution >= 4 is 12.0 Å². The fourth-order valence-electron chi connectivity index (χ4n) is 2.03. The van der Waals surface area contributed by atoms with Gasteiger partial charge in [-0.3, -0.25) is 0 Å². The summed E-state index contributed by atoms with van der Waals surface area (Å²) in [6, 6.07) is 4.55. The Labute approximate surface area is 116 Å². The van der Waals surface area contributed by atoms with E-state index in [-0.39, 0.29) is 5.56 Å². The molecule has 1 heterocycles. The van der Waals surface area contributed by atoms with Crippen LogP contribution in [-0.2, 0) is 20.9 Å². The summed E-state index contributed by atoms with van der Waals surface area (Å²) >= 11 is 0. The van der Waals surface area contributed by atoms with Gasteiger partial charge in [0.15, 0.2) is 0 Å². The summed E-state index contributed by atoms with van der Waals surface area (Å²) in [5, 5.41) is 8.55. The minimum atomic E-state index is -1.10. The number of benzene rings is 1. The average molecular weight is 280 g/mol. The monoisotopic (exact) mass is 280 g/mol. The van der Waals surface area contributed by atoms with Crippen molar-refractivity contribution in [1.29, 1.82) is 0 Å². The normalized spacial score (nSPS) is 18.8. The predicted molar refractivity (Wildman–Crippen MR) is 71.7 cm³/mol.